The molecule has 0 aliphatic carbocycles. The summed E-state index contributed by atoms with van der Waals surface area (Å²) in [6, 6.07) is 8.37. The zero-order valence-corrected chi connectivity index (χ0v) is 21.2. The van der Waals surface area contributed by atoms with Crippen molar-refractivity contribution in [2.24, 2.45) is 0 Å². The number of ether oxygens (including phenoxy) is 1. The Morgan fingerprint density at radius 1 is 1.06 bits per heavy atom. The van der Waals surface area contributed by atoms with Crippen molar-refractivity contribution < 1.29 is 31.5 Å². The van der Waals surface area contributed by atoms with Crippen LogP contribution in [0.25, 0.3) is 0 Å². The number of carbonyl (C=O) groups excluding carboxylic acids is 2. The number of nitrogens with one attached hydrogen (secondary N) is 1. The van der Waals surface area contributed by atoms with Gasteiger partial charge in [-0.2, -0.15) is 0 Å². The van der Waals surface area contributed by atoms with Crippen molar-refractivity contribution in [1.82, 2.24) is 10.2 Å². The molecule has 192 valence electrons. The maximum absolute atomic E-state index is 13.8. The number of carbonyl (C=O) groups is 2. The first-order chi connectivity index (χ1) is 16.4. The Balaban J connectivity index is 2.45. The van der Waals surface area contributed by atoms with Crippen LogP contribution in [-0.4, -0.2) is 57.1 Å². The summed E-state index contributed by atoms with van der Waals surface area (Å²) in [5.74, 6) is -2.85. The van der Waals surface area contributed by atoms with E-state index in [1.165, 1.54) is 12.0 Å². The number of hydrogen-bond acceptors (Lipinski definition) is 5. The summed E-state index contributed by atoms with van der Waals surface area (Å²) >= 11 is 0. The Morgan fingerprint density at radius 2 is 1.69 bits per heavy atom. The van der Waals surface area contributed by atoms with Gasteiger partial charge in [0.2, 0.25) is 21.8 Å². The van der Waals surface area contributed by atoms with E-state index in [9.17, 15) is 26.8 Å². The van der Waals surface area contributed by atoms with Crippen LogP contribution in [0.3, 0.4) is 0 Å². The predicted octanol–water partition coefficient (Wildman–Crippen LogP) is 3.07. The van der Waals surface area contributed by atoms with Gasteiger partial charge in [0.1, 0.15) is 18.3 Å². The van der Waals surface area contributed by atoms with Crippen molar-refractivity contribution in [3.8, 4) is 5.75 Å². The summed E-state index contributed by atoms with van der Waals surface area (Å²) in [6.07, 6.45) is 1.13. The van der Waals surface area contributed by atoms with Gasteiger partial charge in [-0.1, -0.05) is 19.1 Å². The molecule has 0 aromatic heterocycles. The number of anilines is 1. The number of halogens is 2. The van der Waals surface area contributed by atoms with Crippen molar-refractivity contribution in [2.75, 3.05) is 24.2 Å². The van der Waals surface area contributed by atoms with Gasteiger partial charge in [0.25, 0.3) is 0 Å². The molecule has 1 N–H and O–H groups in total. The highest BCUT2D eigenvalue weighted by Gasteiger charge is 2.32. The van der Waals surface area contributed by atoms with Gasteiger partial charge in [0, 0.05) is 18.7 Å². The van der Waals surface area contributed by atoms with Crippen LogP contribution in [-0.2, 0) is 26.2 Å². The third-order valence-corrected chi connectivity index (χ3v) is 6.34. The lowest BCUT2D eigenvalue weighted by Crippen LogP contribution is -2.53. The fourth-order valence-electron chi connectivity index (χ4n) is 3.48. The Hall–Kier alpha value is -3.21. The lowest BCUT2D eigenvalue weighted by molar-refractivity contribution is -0.140. The molecule has 11 heteroatoms. The molecule has 0 bridgehead atoms. The van der Waals surface area contributed by atoms with E-state index in [0.29, 0.717) is 21.7 Å². The summed E-state index contributed by atoms with van der Waals surface area (Å²) in [6.45, 7) is 4.62. The largest absolute Gasteiger partial charge is 0.497 e. The maximum Gasteiger partial charge on any atom is 0.244 e. The number of amides is 2. The molecule has 0 spiro atoms. The average molecular weight is 512 g/mol. The van der Waals surface area contributed by atoms with Crippen LogP contribution in [0.4, 0.5) is 14.5 Å². The number of methoxy groups -OCH3 is 1. The van der Waals surface area contributed by atoms with Gasteiger partial charge < -0.3 is 15.0 Å². The highest BCUT2D eigenvalue weighted by atomic mass is 32.2. The number of sulfonamides is 1. The summed E-state index contributed by atoms with van der Waals surface area (Å²) in [7, 11) is -2.53. The van der Waals surface area contributed by atoms with Crippen molar-refractivity contribution in [2.45, 2.75) is 45.8 Å². The van der Waals surface area contributed by atoms with Crippen LogP contribution >= 0.6 is 0 Å². The molecule has 0 fully saturated rings. The topological polar surface area (TPSA) is 96.0 Å². The zero-order chi connectivity index (χ0) is 26.3. The fourth-order valence-corrected chi connectivity index (χ4v) is 4.32. The second-order valence-electron chi connectivity index (χ2n) is 8.33. The number of rotatable bonds is 11. The van der Waals surface area contributed by atoms with E-state index in [1.807, 2.05) is 0 Å². The fraction of sp³-hybridized carbons (Fsp3) is 0.417. The molecule has 35 heavy (non-hydrogen) atoms. The molecule has 8 nitrogen and oxygen atoms in total. The SMILES string of the molecule is CC[C@H](C(=O)NC(C)C)N(Cc1ccc(OC)cc1)C(=O)CN(c1ccc(F)c(F)c1)S(C)(=O)=O. The third-order valence-electron chi connectivity index (χ3n) is 5.20. The van der Waals surface area contributed by atoms with Crippen molar-refractivity contribution in [3.05, 3.63) is 59.7 Å². The second-order valence-corrected chi connectivity index (χ2v) is 10.2. The summed E-state index contributed by atoms with van der Waals surface area (Å²) in [5, 5.41) is 2.79. The minimum atomic E-state index is -4.05. The number of benzene rings is 2. The van der Waals surface area contributed by atoms with Gasteiger partial charge in [0.15, 0.2) is 11.6 Å². The Labute approximate surface area is 204 Å². The van der Waals surface area contributed by atoms with Gasteiger partial charge in [0.05, 0.1) is 19.1 Å². The molecule has 0 unspecified atom stereocenters. The molecule has 2 aromatic carbocycles. The van der Waals surface area contributed by atoms with E-state index in [4.69, 9.17) is 4.74 Å². The zero-order valence-electron chi connectivity index (χ0n) is 20.4. The van der Waals surface area contributed by atoms with E-state index in [-0.39, 0.29) is 30.6 Å². The van der Waals surface area contributed by atoms with Gasteiger partial charge in [-0.05, 0) is 50.1 Å². The first-order valence-electron chi connectivity index (χ1n) is 11.0. The molecule has 2 rings (SSSR count). The first kappa shape index (κ1) is 28.0. The van der Waals surface area contributed by atoms with E-state index in [0.717, 1.165) is 18.4 Å². The van der Waals surface area contributed by atoms with E-state index < -0.39 is 40.2 Å². The molecule has 0 aliphatic rings. The standard InChI is InChI=1S/C24H31F2N3O5S/c1-6-22(24(31)27-16(2)3)28(14-17-7-10-19(34-4)11-8-17)23(30)15-29(35(5,32)33)18-9-12-20(25)21(26)13-18/h7-13,16,22H,6,14-15H2,1-5H3,(H,27,31)/t22-/m1/s1. The third kappa shape index (κ3) is 7.64. The van der Waals surface area contributed by atoms with Gasteiger partial charge in [-0.25, -0.2) is 17.2 Å². The summed E-state index contributed by atoms with van der Waals surface area (Å²) in [5.41, 5.74) is 0.484. The molecule has 0 saturated heterocycles. The average Bonchev–Trinajstić information content (AvgIpc) is 2.78. The number of hydrogen-bond donors (Lipinski definition) is 1. The van der Waals surface area contributed by atoms with Crippen LogP contribution in [0.15, 0.2) is 42.5 Å². The molecule has 2 amide bonds. The van der Waals surface area contributed by atoms with Crippen molar-refractivity contribution in [1.29, 1.82) is 0 Å². The van der Waals surface area contributed by atoms with Crippen molar-refractivity contribution in [3.63, 3.8) is 0 Å². The smallest absolute Gasteiger partial charge is 0.244 e. The second kappa shape index (κ2) is 12.0. The molecule has 0 heterocycles. The lowest BCUT2D eigenvalue weighted by Gasteiger charge is -2.33. The van der Waals surface area contributed by atoms with Gasteiger partial charge in [-0.15, -0.1) is 0 Å². The Morgan fingerprint density at radius 3 is 2.17 bits per heavy atom. The minimum absolute atomic E-state index is 0.0161. The Kier molecular flexibility index (Phi) is 9.58. The van der Waals surface area contributed by atoms with Crippen molar-refractivity contribution >= 4 is 27.5 Å². The van der Waals surface area contributed by atoms with Crippen LogP contribution in [0.5, 0.6) is 5.75 Å². The van der Waals surface area contributed by atoms with Crippen LogP contribution in [0.2, 0.25) is 0 Å². The highest BCUT2D eigenvalue weighted by Crippen LogP contribution is 2.22. The van der Waals surface area contributed by atoms with Gasteiger partial charge in [-0.3, -0.25) is 13.9 Å². The van der Waals surface area contributed by atoms with E-state index >= 15 is 0 Å². The normalized spacial score (nSPS) is 12.2. The van der Waals surface area contributed by atoms with Crippen LogP contribution in [0.1, 0.15) is 32.8 Å². The molecule has 1 atom stereocenters. The minimum Gasteiger partial charge on any atom is -0.497 e. The quantitative estimate of drug-likeness (QED) is 0.500. The molecule has 0 saturated carbocycles. The van der Waals surface area contributed by atoms with Gasteiger partial charge >= 0.3 is 0 Å². The number of nitrogens with zero attached hydrogens (tertiary/aromatic N) is 2. The Bertz CT molecular complexity index is 1140. The molecule has 2 aromatic rings. The van der Waals surface area contributed by atoms with E-state index in [1.54, 1.807) is 45.0 Å². The summed E-state index contributed by atoms with van der Waals surface area (Å²) in [4.78, 5) is 27.7. The molecule has 0 radical (unpaired) electrons. The maximum atomic E-state index is 13.8. The van der Waals surface area contributed by atoms with Crippen LogP contribution < -0.4 is 14.4 Å². The molecular weight excluding hydrogens is 480 g/mol. The molecular formula is C24H31F2N3O5S. The highest BCUT2D eigenvalue weighted by molar-refractivity contribution is 7.92. The first-order valence-corrected chi connectivity index (χ1v) is 12.9. The summed E-state index contributed by atoms with van der Waals surface area (Å²) < 4.78 is 58.0. The van der Waals surface area contributed by atoms with E-state index in [2.05, 4.69) is 5.32 Å². The molecule has 0 aliphatic heterocycles. The monoisotopic (exact) mass is 511 g/mol. The lowest BCUT2D eigenvalue weighted by atomic mass is 10.1. The predicted molar refractivity (Wildman–Crippen MR) is 129 cm³/mol. The van der Waals surface area contributed by atoms with Crippen LogP contribution in [0, 0.1) is 11.6 Å².